The summed E-state index contributed by atoms with van der Waals surface area (Å²) in [7, 11) is -0.250. The van der Waals surface area contributed by atoms with Crippen molar-refractivity contribution >= 4 is 8.69 Å². The van der Waals surface area contributed by atoms with Crippen molar-refractivity contribution in [1.82, 2.24) is 0 Å². The standard InChI is InChI=1S/C3H5O3P/c4-7-6-2-3-1-5-3/h3H,1-2H2. The quantitative estimate of drug-likeness (QED) is 0.404. The summed E-state index contributed by atoms with van der Waals surface area (Å²) in [6.45, 7) is 1.22. The van der Waals surface area contributed by atoms with Crippen LogP contribution < -0.4 is 0 Å². The molecule has 1 rings (SSSR count). The topological polar surface area (TPSA) is 38.8 Å². The zero-order valence-corrected chi connectivity index (χ0v) is 4.56. The smallest absolute Gasteiger partial charge is 0.327 e. The van der Waals surface area contributed by atoms with Gasteiger partial charge in [0.05, 0.1) is 13.2 Å². The van der Waals surface area contributed by atoms with Crippen LogP contribution in [-0.2, 0) is 13.8 Å². The van der Waals surface area contributed by atoms with E-state index in [1.165, 1.54) is 0 Å². The Labute approximate surface area is 42.9 Å². The molecular weight excluding hydrogens is 115 g/mol. The minimum atomic E-state index is -0.250. The lowest BCUT2D eigenvalue weighted by atomic mass is 10.5. The molecule has 1 atom stereocenters. The Kier molecular flexibility index (Phi) is 1.74. The molecule has 4 heteroatoms. The van der Waals surface area contributed by atoms with Crippen molar-refractivity contribution in [2.45, 2.75) is 6.10 Å². The van der Waals surface area contributed by atoms with Gasteiger partial charge >= 0.3 is 8.69 Å². The van der Waals surface area contributed by atoms with Gasteiger partial charge in [0.2, 0.25) is 0 Å². The van der Waals surface area contributed by atoms with Crippen LogP contribution in [0.15, 0.2) is 0 Å². The summed E-state index contributed by atoms with van der Waals surface area (Å²) in [5, 5.41) is 0. The summed E-state index contributed by atoms with van der Waals surface area (Å²) in [6, 6.07) is 0. The van der Waals surface area contributed by atoms with Gasteiger partial charge < -0.3 is 4.74 Å². The van der Waals surface area contributed by atoms with E-state index in [0.717, 1.165) is 6.61 Å². The summed E-state index contributed by atoms with van der Waals surface area (Å²) in [4.78, 5) is 0. The molecule has 0 amide bonds. The van der Waals surface area contributed by atoms with Crippen LogP contribution in [-0.4, -0.2) is 19.3 Å². The van der Waals surface area contributed by atoms with Gasteiger partial charge in [-0.2, -0.15) is 0 Å². The van der Waals surface area contributed by atoms with Crippen molar-refractivity contribution in [2.75, 3.05) is 13.2 Å². The lowest BCUT2D eigenvalue weighted by molar-refractivity contribution is 0.280. The zero-order chi connectivity index (χ0) is 5.11. The second kappa shape index (κ2) is 2.36. The van der Waals surface area contributed by atoms with Crippen LogP contribution in [0.5, 0.6) is 0 Å². The third kappa shape index (κ3) is 1.97. The van der Waals surface area contributed by atoms with E-state index in [9.17, 15) is 4.57 Å². The molecular formula is C3H5O3P. The second-order valence-corrected chi connectivity index (χ2v) is 1.73. The lowest BCUT2D eigenvalue weighted by Crippen LogP contribution is -1.91. The van der Waals surface area contributed by atoms with E-state index < -0.39 is 0 Å². The van der Waals surface area contributed by atoms with Gasteiger partial charge in [0.1, 0.15) is 6.10 Å². The molecule has 1 aliphatic rings. The molecule has 7 heavy (non-hydrogen) atoms. The summed E-state index contributed by atoms with van der Waals surface area (Å²) < 4.78 is 18.7. The Balaban J connectivity index is 1.88. The molecule has 0 aromatic rings. The fourth-order valence-corrected chi connectivity index (χ4v) is 0.505. The van der Waals surface area contributed by atoms with E-state index in [1.807, 2.05) is 0 Å². The maximum absolute atomic E-state index is 9.56. The molecule has 0 saturated carbocycles. The molecule has 40 valence electrons. The Morgan fingerprint density at radius 3 is 3.14 bits per heavy atom. The first-order valence-electron chi connectivity index (χ1n) is 1.99. The van der Waals surface area contributed by atoms with Gasteiger partial charge in [0.25, 0.3) is 0 Å². The van der Waals surface area contributed by atoms with E-state index in [2.05, 4.69) is 4.52 Å². The highest BCUT2D eigenvalue weighted by Gasteiger charge is 2.22. The zero-order valence-electron chi connectivity index (χ0n) is 3.66. The van der Waals surface area contributed by atoms with Crippen LogP contribution in [0.4, 0.5) is 0 Å². The molecule has 1 saturated heterocycles. The van der Waals surface area contributed by atoms with Gasteiger partial charge in [-0.25, -0.2) is 4.57 Å². The molecule has 0 aromatic carbocycles. The lowest BCUT2D eigenvalue weighted by Gasteiger charge is -1.81. The minimum absolute atomic E-state index is 0.224. The van der Waals surface area contributed by atoms with Crippen molar-refractivity contribution in [3.63, 3.8) is 0 Å². The molecule has 0 N–H and O–H groups in total. The monoisotopic (exact) mass is 120 g/mol. The van der Waals surface area contributed by atoms with Gasteiger partial charge in [-0.05, 0) is 0 Å². The SMILES string of the molecule is O=POCC1CO1. The van der Waals surface area contributed by atoms with Crippen LogP contribution >= 0.6 is 8.69 Å². The fourth-order valence-electron chi connectivity index (χ4n) is 0.278. The molecule has 0 spiro atoms. The van der Waals surface area contributed by atoms with Crippen LogP contribution in [0.3, 0.4) is 0 Å². The summed E-state index contributed by atoms with van der Waals surface area (Å²) >= 11 is 0. The Morgan fingerprint density at radius 2 is 2.71 bits per heavy atom. The molecule has 0 radical (unpaired) electrons. The normalized spacial score (nSPS) is 28.3. The first kappa shape index (κ1) is 5.16. The van der Waals surface area contributed by atoms with Crippen molar-refractivity contribution in [3.05, 3.63) is 0 Å². The highest BCUT2D eigenvalue weighted by Crippen LogP contribution is 2.10. The van der Waals surface area contributed by atoms with Crippen molar-refractivity contribution in [1.29, 1.82) is 0 Å². The van der Waals surface area contributed by atoms with Crippen LogP contribution in [0, 0.1) is 0 Å². The van der Waals surface area contributed by atoms with Gasteiger partial charge in [-0.1, -0.05) is 0 Å². The highest BCUT2D eigenvalue weighted by atomic mass is 31.1. The third-order valence-corrected chi connectivity index (χ3v) is 0.970. The molecule has 1 heterocycles. The third-order valence-electron chi connectivity index (χ3n) is 0.716. The van der Waals surface area contributed by atoms with Gasteiger partial charge in [-0.3, -0.25) is 4.52 Å². The van der Waals surface area contributed by atoms with Gasteiger partial charge in [0.15, 0.2) is 0 Å². The minimum Gasteiger partial charge on any atom is -0.371 e. The van der Waals surface area contributed by atoms with Gasteiger partial charge in [0, 0.05) is 0 Å². The fraction of sp³-hybridized carbons (Fsp3) is 1.00. The first-order valence-corrected chi connectivity index (χ1v) is 2.72. The molecule has 0 bridgehead atoms. The largest absolute Gasteiger partial charge is 0.371 e. The summed E-state index contributed by atoms with van der Waals surface area (Å²) in [5.74, 6) is 0. The molecule has 1 fully saturated rings. The predicted octanol–water partition coefficient (Wildman–Crippen LogP) is 0.608. The van der Waals surface area contributed by atoms with E-state index in [4.69, 9.17) is 4.74 Å². The Bertz CT molecular complexity index is 70.6. The predicted molar refractivity (Wildman–Crippen MR) is 23.3 cm³/mol. The number of ether oxygens (including phenoxy) is 1. The van der Waals surface area contributed by atoms with E-state index in [1.54, 1.807) is 0 Å². The number of hydrogen-bond acceptors (Lipinski definition) is 3. The Hall–Kier alpha value is 0.0200. The molecule has 0 aliphatic carbocycles. The van der Waals surface area contributed by atoms with Crippen LogP contribution in [0.1, 0.15) is 0 Å². The maximum atomic E-state index is 9.56. The molecule has 0 aromatic heterocycles. The van der Waals surface area contributed by atoms with Crippen molar-refractivity contribution in [2.24, 2.45) is 0 Å². The van der Waals surface area contributed by atoms with Crippen LogP contribution in [0.25, 0.3) is 0 Å². The van der Waals surface area contributed by atoms with Crippen molar-refractivity contribution < 1.29 is 13.8 Å². The molecule has 3 nitrogen and oxygen atoms in total. The van der Waals surface area contributed by atoms with Gasteiger partial charge in [-0.15, -0.1) is 0 Å². The summed E-state index contributed by atoms with van der Waals surface area (Å²) in [6.07, 6.45) is 0.224. The van der Waals surface area contributed by atoms with E-state index in [-0.39, 0.29) is 14.8 Å². The second-order valence-electron chi connectivity index (χ2n) is 1.33. The number of hydrogen-bond donors (Lipinski definition) is 0. The Morgan fingerprint density at radius 1 is 2.00 bits per heavy atom. The first-order chi connectivity index (χ1) is 3.43. The van der Waals surface area contributed by atoms with Crippen LogP contribution in [0.2, 0.25) is 0 Å². The average Bonchev–Trinajstić information content (AvgIpc) is 2.42. The average molecular weight is 120 g/mol. The molecule has 1 unspecified atom stereocenters. The van der Waals surface area contributed by atoms with Crippen molar-refractivity contribution in [3.8, 4) is 0 Å². The van der Waals surface area contributed by atoms with E-state index in [0.29, 0.717) is 6.61 Å². The molecule has 1 aliphatic heterocycles. The highest BCUT2D eigenvalue weighted by molar-refractivity contribution is 7.17. The maximum Gasteiger partial charge on any atom is 0.327 e. The van der Waals surface area contributed by atoms with E-state index >= 15 is 0 Å². The summed E-state index contributed by atoms with van der Waals surface area (Å²) in [5.41, 5.74) is 0. The number of epoxide rings is 1. The number of rotatable bonds is 3.